The van der Waals surface area contributed by atoms with E-state index < -0.39 is 0 Å². The summed E-state index contributed by atoms with van der Waals surface area (Å²) in [6.07, 6.45) is 3.54. The highest BCUT2D eigenvalue weighted by Crippen LogP contribution is 2.28. The van der Waals surface area contributed by atoms with Gasteiger partial charge >= 0.3 is 5.97 Å². The molecule has 1 unspecified atom stereocenters. The number of carbonyl (C=O) groups is 1. The number of hydrogen-bond donors (Lipinski definition) is 2. The van der Waals surface area contributed by atoms with Gasteiger partial charge in [0.2, 0.25) is 0 Å². The van der Waals surface area contributed by atoms with Crippen LogP contribution in [-0.2, 0) is 9.47 Å². The molecule has 27 heavy (non-hydrogen) atoms. The average Bonchev–Trinajstić information content (AvgIpc) is 3.37. The number of guanidine groups is 1. The number of ether oxygens (including phenoxy) is 2. The van der Waals surface area contributed by atoms with E-state index in [1.54, 1.807) is 6.92 Å². The quantitative estimate of drug-likeness (QED) is 0.259. The maximum atomic E-state index is 12.0. The molecule has 0 radical (unpaired) electrons. The van der Waals surface area contributed by atoms with Crippen molar-refractivity contribution in [1.82, 2.24) is 15.6 Å². The Morgan fingerprint density at radius 3 is 2.85 bits per heavy atom. The van der Waals surface area contributed by atoms with Crippen molar-refractivity contribution >= 4 is 23.3 Å². The number of aryl methyl sites for hydroxylation is 1. The molecule has 1 fully saturated rings. The molecule has 1 aromatic heterocycles. The van der Waals surface area contributed by atoms with Crippen LogP contribution in [0.4, 0.5) is 0 Å². The predicted octanol–water partition coefficient (Wildman–Crippen LogP) is 3.06. The normalized spacial score (nSPS) is 15.5. The lowest BCUT2D eigenvalue weighted by atomic mass is 10.3. The van der Waals surface area contributed by atoms with E-state index in [4.69, 9.17) is 9.47 Å². The van der Waals surface area contributed by atoms with E-state index in [1.807, 2.05) is 20.8 Å². The molecule has 152 valence electrons. The van der Waals surface area contributed by atoms with Crippen LogP contribution in [0.2, 0.25) is 0 Å². The molecule has 0 bridgehead atoms. The molecule has 0 aliphatic heterocycles. The van der Waals surface area contributed by atoms with Gasteiger partial charge in [-0.3, -0.25) is 4.99 Å². The van der Waals surface area contributed by atoms with Gasteiger partial charge in [0, 0.05) is 26.3 Å². The van der Waals surface area contributed by atoms with Crippen molar-refractivity contribution in [2.45, 2.75) is 53.0 Å². The summed E-state index contributed by atoms with van der Waals surface area (Å²) < 4.78 is 10.7. The molecule has 2 N–H and O–H groups in total. The highest BCUT2D eigenvalue weighted by molar-refractivity contribution is 7.13. The summed E-state index contributed by atoms with van der Waals surface area (Å²) in [7, 11) is 0. The number of rotatable bonds is 11. The SMILES string of the molecule is CCNC(=NCCCOCC1CC1)NC(C)c1nc(C)c(C(=O)OCC)s1. The number of nitrogens with one attached hydrogen (secondary N) is 2. The van der Waals surface area contributed by atoms with Gasteiger partial charge in [0.05, 0.1) is 18.3 Å². The van der Waals surface area contributed by atoms with Crippen LogP contribution in [0.15, 0.2) is 4.99 Å². The van der Waals surface area contributed by atoms with Crippen LogP contribution in [0.3, 0.4) is 0 Å². The Labute approximate surface area is 166 Å². The Kier molecular flexibility index (Phi) is 9.00. The lowest BCUT2D eigenvalue weighted by Crippen LogP contribution is -2.38. The van der Waals surface area contributed by atoms with Crippen LogP contribution in [0, 0.1) is 12.8 Å². The standard InChI is InChI=1S/C19H32N4O3S/c1-5-20-19(21-10-7-11-25-12-15-8-9-15)23-14(4)17-22-13(3)16(27-17)18(24)26-6-2/h14-15H,5-12H2,1-4H3,(H2,20,21,23). The van der Waals surface area contributed by atoms with Gasteiger partial charge in [-0.1, -0.05) is 0 Å². The number of aliphatic imine (C=N–C) groups is 1. The van der Waals surface area contributed by atoms with Crippen LogP contribution >= 0.6 is 11.3 Å². The molecule has 7 nitrogen and oxygen atoms in total. The van der Waals surface area contributed by atoms with Gasteiger partial charge in [-0.2, -0.15) is 0 Å². The van der Waals surface area contributed by atoms with E-state index in [0.717, 1.165) is 43.1 Å². The minimum atomic E-state index is -0.308. The van der Waals surface area contributed by atoms with E-state index >= 15 is 0 Å². The van der Waals surface area contributed by atoms with E-state index in [1.165, 1.54) is 24.2 Å². The first kappa shape index (κ1) is 21.6. The van der Waals surface area contributed by atoms with Crippen molar-refractivity contribution < 1.29 is 14.3 Å². The van der Waals surface area contributed by atoms with Gasteiger partial charge in [0.15, 0.2) is 5.96 Å². The Morgan fingerprint density at radius 1 is 1.41 bits per heavy atom. The van der Waals surface area contributed by atoms with Crippen LogP contribution in [-0.4, -0.2) is 49.8 Å². The van der Waals surface area contributed by atoms with E-state index in [2.05, 4.69) is 20.6 Å². The summed E-state index contributed by atoms with van der Waals surface area (Å²) in [4.78, 5) is 21.7. The molecule has 8 heteroatoms. The second-order valence-corrected chi connectivity index (χ2v) is 7.72. The molecule has 1 saturated carbocycles. The average molecular weight is 397 g/mol. The number of carbonyl (C=O) groups excluding carboxylic acids is 1. The summed E-state index contributed by atoms with van der Waals surface area (Å²) in [5.74, 6) is 1.24. The Bertz CT molecular complexity index is 628. The van der Waals surface area contributed by atoms with Crippen molar-refractivity contribution in [3.05, 3.63) is 15.6 Å². The first-order chi connectivity index (χ1) is 13.0. The topological polar surface area (TPSA) is 84.8 Å². The van der Waals surface area contributed by atoms with Crippen LogP contribution in [0.5, 0.6) is 0 Å². The molecule has 0 amide bonds. The van der Waals surface area contributed by atoms with Crippen molar-refractivity contribution in [2.24, 2.45) is 10.9 Å². The second-order valence-electron chi connectivity index (χ2n) is 6.69. The molecule has 1 aromatic rings. The van der Waals surface area contributed by atoms with Gasteiger partial charge in [0.25, 0.3) is 0 Å². The van der Waals surface area contributed by atoms with Crippen molar-refractivity contribution in [1.29, 1.82) is 0 Å². The molecule has 1 atom stereocenters. The lowest BCUT2D eigenvalue weighted by molar-refractivity contribution is 0.0531. The summed E-state index contributed by atoms with van der Waals surface area (Å²) >= 11 is 1.37. The highest BCUT2D eigenvalue weighted by atomic mass is 32.1. The molecular weight excluding hydrogens is 364 g/mol. The fourth-order valence-electron chi connectivity index (χ4n) is 2.47. The van der Waals surface area contributed by atoms with Gasteiger partial charge < -0.3 is 20.1 Å². The summed E-state index contributed by atoms with van der Waals surface area (Å²) in [5.41, 5.74) is 0.705. The van der Waals surface area contributed by atoms with Crippen LogP contribution in [0.25, 0.3) is 0 Å². The third-order valence-corrected chi connectivity index (χ3v) is 5.43. The number of thiazole rings is 1. The monoisotopic (exact) mass is 396 g/mol. The van der Waals surface area contributed by atoms with Crippen LogP contribution < -0.4 is 10.6 Å². The zero-order valence-electron chi connectivity index (χ0n) is 16.8. The summed E-state index contributed by atoms with van der Waals surface area (Å²) in [6, 6.07) is -0.0548. The summed E-state index contributed by atoms with van der Waals surface area (Å²) in [5, 5.41) is 7.45. The Hall–Kier alpha value is -1.67. The maximum Gasteiger partial charge on any atom is 0.350 e. The minimum Gasteiger partial charge on any atom is -0.462 e. The van der Waals surface area contributed by atoms with E-state index in [-0.39, 0.29) is 12.0 Å². The molecule has 0 aromatic carbocycles. The third kappa shape index (κ3) is 7.46. The first-order valence-electron chi connectivity index (χ1n) is 9.82. The minimum absolute atomic E-state index is 0.0548. The molecule has 1 heterocycles. The fourth-order valence-corrected chi connectivity index (χ4v) is 3.43. The molecule has 1 aliphatic rings. The van der Waals surface area contributed by atoms with E-state index in [9.17, 15) is 4.79 Å². The van der Waals surface area contributed by atoms with Gasteiger partial charge in [0.1, 0.15) is 9.88 Å². The van der Waals surface area contributed by atoms with Crippen molar-refractivity contribution in [3.63, 3.8) is 0 Å². The number of esters is 1. The van der Waals surface area contributed by atoms with Crippen molar-refractivity contribution in [3.8, 4) is 0 Å². The fraction of sp³-hybridized carbons (Fsp3) is 0.737. The smallest absolute Gasteiger partial charge is 0.350 e. The first-order valence-corrected chi connectivity index (χ1v) is 10.6. The molecule has 1 aliphatic carbocycles. The van der Waals surface area contributed by atoms with E-state index in [0.29, 0.717) is 23.7 Å². The number of aromatic nitrogens is 1. The number of hydrogen-bond acceptors (Lipinski definition) is 6. The molecule has 0 spiro atoms. The van der Waals surface area contributed by atoms with Crippen LogP contribution in [0.1, 0.15) is 66.4 Å². The highest BCUT2D eigenvalue weighted by Gasteiger charge is 2.21. The molecule has 2 rings (SSSR count). The Balaban J connectivity index is 1.85. The Morgan fingerprint density at radius 2 is 2.19 bits per heavy atom. The zero-order chi connectivity index (χ0) is 19.6. The second kappa shape index (κ2) is 11.2. The van der Waals surface area contributed by atoms with Crippen molar-refractivity contribution in [2.75, 3.05) is 32.9 Å². The third-order valence-electron chi connectivity index (χ3n) is 4.11. The number of nitrogens with zero attached hydrogens (tertiary/aromatic N) is 2. The van der Waals surface area contributed by atoms with Gasteiger partial charge in [-0.05, 0) is 52.9 Å². The van der Waals surface area contributed by atoms with Gasteiger partial charge in [-0.15, -0.1) is 11.3 Å². The lowest BCUT2D eigenvalue weighted by Gasteiger charge is -2.16. The maximum absolute atomic E-state index is 12.0. The zero-order valence-corrected chi connectivity index (χ0v) is 17.7. The predicted molar refractivity (Wildman–Crippen MR) is 108 cm³/mol. The van der Waals surface area contributed by atoms with Gasteiger partial charge in [-0.25, -0.2) is 9.78 Å². The molecular formula is C19H32N4O3S. The molecule has 0 saturated heterocycles. The summed E-state index contributed by atoms with van der Waals surface area (Å²) in [6.45, 7) is 11.2. The largest absolute Gasteiger partial charge is 0.462 e.